The Morgan fingerprint density at radius 3 is 2.69 bits per heavy atom. The van der Waals surface area contributed by atoms with Gasteiger partial charge < -0.3 is 14.9 Å². The van der Waals surface area contributed by atoms with E-state index in [0.717, 1.165) is 10.8 Å². The van der Waals surface area contributed by atoms with Crippen LogP contribution in [0.5, 0.6) is 5.75 Å². The maximum absolute atomic E-state index is 10.9. The van der Waals surface area contributed by atoms with E-state index in [-0.39, 0.29) is 5.75 Å². The van der Waals surface area contributed by atoms with Gasteiger partial charge in [-0.1, -0.05) is 36.4 Å². The van der Waals surface area contributed by atoms with Crippen LogP contribution < -0.4 is 0 Å². The van der Waals surface area contributed by atoms with Crippen molar-refractivity contribution in [3.8, 4) is 5.75 Å². The molecule has 0 amide bonds. The predicted molar refractivity (Wildman–Crippen MR) is 98.7 cm³/mol. The Hall–Kier alpha value is -2.57. The minimum Gasteiger partial charge on any atom is -0.505 e. The van der Waals surface area contributed by atoms with Gasteiger partial charge in [0.1, 0.15) is 5.75 Å². The van der Waals surface area contributed by atoms with Gasteiger partial charge in [-0.3, -0.25) is 14.5 Å². The summed E-state index contributed by atoms with van der Waals surface area (Å²) in [6.45, 7) is 1.22. The van der Waals surface area contributed by atoms with Gasteiger partial charge in [-0.05, 0) is 18.4 Å². The van der Waals surface area contributed by atoms with Crippen LogP contribution in [0.4, 0.5) is 5.69 Å². The maximum atomic E-state index is 10.9. The molecular weight excluding hydrogens is 355 g/mol. The molecule has 3 rings (SSSR count). The molecule has 0 radical (unpaired) electrons. The highest BCUT2D eigenvalue weighted by molar-refractivity contribution is 7.46. The number of phosphoric ester groups is 1. The van der Waals surface area contributed by atoms with Crippen LogP contribution in [0, 0.1) is 6.92 Å². The smallest absolute Gasteiger partial charge is 0.469 e. The molecule has 0 spiro atoms. The number of benzene rings is 2. The molecule has 0 fully saturated rings. The van der Waals surface area contributed by atoms with Crippen molar-refractivity contribution in [2.24, 2.45) is 4.99 Å². The van der Waals surface area contributed by atoms with Gasteiger partial charge in [-0.2, -0.15) is 0 Å². The Kier molecular flexibility index (Phi) is 5.15. The first-order valence-corrected chi connectivity index (χ1v) is 9.27. The lowest BCUT2D eigenvalue weighted by Crippen LogP contribution is -2.00. The molecule has 0 aliphatic carbocycles. The Bertz CT molecular complexity index is 1020. The lowest BCUT2D eigenvalue weighted by Gasteiger charge is -2.10. The van der Waals surface area contributed by atoms with Gasteiger partial charge in [0.25, 0.3) is 0 Å². The van der Waals surface area contributed by atoms with Crippen molar-refractivity contribution in [3.05, 3.63) is 65.5 Å². The molecule has 0 bridgehead atoms. The molecule has 3 aromatic rings. The summed E-state index contributed by atoms with van der Waals surface area (Å²) >= 11 is 0. The number of rotatable bonds is 5. The monoisotopic (exact) mass is 372 g/mol. The Balaban J connectivity index is 2.01. The van der Waals surface area contributed by atoms with Crippen LogP contribution in [-0.4, -0.2) is 26.1 Å². The minimum absolute atomic E-state index is 0.110. The first-order valence-electron chi connectivity index (χ1n) is 7.74. The number of aliphatic imine (C=N–C) groups is 1. The first kappa shape index (κ1) is 18.2. The zero-order chi connectivity index (χ0) is 18.7. The lowest BCUT2D eigenvalue weighted by molar-refractivity contribution is 0.188. The van der Waals surface area contributed by atoms with Crippen LogP contribution in [0.15, 0.2) is 53.7 Å². The van der Waals surface area contributed by atoms with E-state index in [2.05, 4.69) is 14.5 Å². The summed E-state index contributed by atoms with van der Waals surface area (Å²) in [5, 5.41) is 12.3. The molecule has 0 aliphatic heterocycles. The molecule has 2 aromatic carbocycles. The molecule has 1 aromatic heterocycles. The van der Waals surface area contributed by atoms with E-state index >= 15 is 0 Å². The van der Waals surface area contributed by atoms with Gasteiger partial charge in [-0.25, -0.2) is 4.57 Å². The average molecular weight is 372 g/mol. The summed E-state index contributed by atoms with van der Waals surface area (Å²) < 4.78 is 15.5. The summed E-state index contributed by atoms with van der Waals surface area (Å²) in [7, 11) is -4.64. The van der Waals surface area contributed by atoms with Crippen molar-refractivity contribution in [1.29, 1.82) is 0 Å². The highest BCUT2D eigenvalue weighted by Gasteiger charge is 2.17. The third-order valence-electron chi connectivity index (χ3n) is 3.85. The molecule has 134 valence electrons. The highest BCUT2D eigenvalue weighted by atomic mass is 31.2. The molecule has 7 nitrogen and oxygen atoms in total. The Morgan fingerprint density at radius 2 is 1.92 bits per heavy atom. The molecule has 8 heteroatoms. The standard InChI is InChI=1S/C18H17N2O5P/c1-12-18(21)16(14(9-19-12)11-25-26(22,23)24)10-20-17-8-4-6-13-5-2-3-7-15(13)17/h2-10,21H,11H2,1H3,(H2,22,23,24). The fourth-order valence-electron chi connectivity index (χ4n) is 2.52. The minimum atomic E-state index is -4.64. The molecule has 0 aliphatic rings. The predicted octanol–water partition coefficient (Wildman–Crippen LogP) is 3.61. The SMILES string of the molecule is Cc1ncc(COP(=O)(O)O)c(C=Nc2cccc3ccccc23)c1O. The largest absolute Gasteiger partial charge is 0.505 e. The molecule has 0 unspecified atom stereocenters. The average Bonchev–Trinajstić information content (AvgIpc) is 2.61. The summed E-state index contributed by atoms with van der Waals surface area (Å²) in [5.41, 5.74) is 1.71. The quantitative estimate of drug-likeness (QED) is 0.466. The number of phosphoric acid groups is 1. The lowest BCUT2D eigenvalue weighted by atomic mass is 10.1. The van der Waals surface area contributed by atoms with Gasteiger partial charge in [-0.15, -0.1) is 0 Å². The zero-order valence-electron chi connectivity index (χ0n) is 13.9. The molecule has 1 heterocycles. The van der Waals surface area contributed by atoms with E-state index < -0.39 is 14.4 Å². The molecular formula is C18H17N2O5P. The van der Waals surface area contributed by atoms with Crippen molar-refractivity contribution in [2.75, 3.05) is 0 Å². The Labute approximate surface area is 149 Å². The second-order valence-corrected chi connectivity index (χ2v) is 6.89. The van der Waals surface area contributed by atoms with Crippen LogP contribution >= 0.6 is 7.82 Å². The van der Waals surface area contributed by atoms with Gasteiger partial charge in [0.2, 0.25) is 0 Å². The van der Waals surface area contributed by atoms with E-state index in [9.17, 15) is 9.67 Å². The van der Waals surface area contributed by atoms with Crippen molar-refractivity contribution in [2.45, 2.75) is 13.5 Å². The van der Waals surface area contributed by atoms with E-state index in [4.69, 9.17) is 9.79 Å². The van der Waals surface area contributed by atoms with Crippen LogP contribution in [0.3, 0.4) is 0 Å². The molecule has 26 heavy (non-hydrogen) atoms. The Morgan fingerprint density at radius 1 is 1.19 bits per heavy atom. The summed E-state index contributed by atoms with van der Waals surface area (Å²) in [6.07, 6.45) is 2.85. The first-order chi connectivity index (χ1) is 12.3. The van der Waals surface area contributed by atoms with Crippen LogP contribution in [0.1, 0.15) is 16.8 Å². The number of fused-ring (bicyclic) bond motifs is 1. The second kappa shape index (κ2) is 7.35. The van der Waals surface area contributed by atoms with Crippen molar-refractivity contribution in [3.63, 3.8) is 0 Å². The van der Waals surface area contributed by atoms with E-state index in [0.29, 0.717) is 22.5 Å². The van der Waals surface area contributed by atoms with Crippen molar-refractivity contribution < 1.29 is 24.0 Å². The third-order valence-corrected chi connectivity index (χ3v) is 4.31. The van der Waals surface area contributed by atoms with Crippen LogP contribution in [0.2, 0.25) is 0 Å². The number of hydrogen-bond acceptors (Lipinski definition) is 5. The third kappa shape index (κ3) is 4.15. The van der Waals surface area contributed by atoms with Crippen molar-refractivity contribution >= 4 is 30.5 Å². The second-order valence-electron chi connectivity index (χ2n) is 5.65. The van der Waals surface area contributed by atoms with Gasteiger partial charge in [0.15, 0.2) is 0 Å². The molecule has 3 N–H and O–H groups in total. The van der Waals surface area contributed by atoms with Crippen molar-refractivity contribution in [1.82, 2.24) is 4.98 Å². The van der Waals surface area contributed by atoms with Gasteiger partial charge in [0.05, 0.1) is 18.0 Å². The molecule has 0 saturated carbocycles. The maximum Gasteiger partial charge on any atom is 0.469 e. The van der Waals surface area contributed by atoms with Crippen LogP contribution in [-0.2, 0) is 15.7 Å². The summed E-state index contributed by atoms with van der Waals surface area (Å²) in [4.78, 5) is 26.2. The fourth-order valence-corrected chi connectivity index (χ4v) is 2.83. The van der Waals surface area contributed by atoms with Gasteiger partial charge in [0, 0.05) is 28.9 Å². The zero-order valence-corrected chi connectivity index (χ0v) is 14.8. The van der Waals surface area contributed by atoms with E-state index in [1.54, 1.807) is 6.92 Å². The fraction of sp³-hybridized carbons (Fsp3) is 0.111. The topological polar surface area (TPSA) is 112 Å². The number of aromatic nitrogens is 1. The van der Waals surface area contributed by atoms with E-state index in [1.807, 2.05) is 42.5 Å². The normalized spacial score (nSPS) is 12.1. The molecule has 0 saturated heterocycles. The highest BCUT2D eigenvalue weighted by Crippen LogP contribution is 2.38. The number of aryl methyl sites for hydroxylation is 1. The number of pyridine rings is 1. The molecule has 0 atom stereocenters. The van der Waals surface area contributed by atoms with E-state index in [1.165, 1.54) is 12.4 Å². The van der Waals surface area contributed by atoms with Gasteiger partial charge >= 0.3 is 7.82 Å². The summed E-state index contributed by atoms with van der Waals surface area (Å²) in [5.74, 6) is -0.110. The number of nitrogens with zero attached hydrogens (tertiary/aromatic N) is 2. The number of aromatic hydroxyl groups is 1. The number of hydrogen-bond donors (Lipinski definition) is 3. The van der Waals surface area contributed by atoms with Crippen LogP contribution in [0.25, 0.3) is 10.8 Å². The summed E-state index contributed by atoms with van der Waals surface area (Å²) in [6, 6.07) is 13.5.